The van der Waals surface area contributed by atoms with Gasteiger partial charge in [0.25, 0.3) is 0 Å². The second-order valence-electron chi connectivity index (χ2n) is 6.72. The second-order valence-corrected chi connectivity index (χ2v) is 8.74. The summed E-state index contributed by atoms with van der Waals surface area (Å²) in [5, 5.41) is 2.23. The molecule has 3 heterocycles. The molecule has 0 spiro atoms. The number of piperazine rings is 1. The Labute approximate surface area is 165 Å². The van der Waals surface area contributed by atoms with Crippen LogP contribution >= 0.6 is 22.7 Å². The van der Waals surface area contributed by atoms with E-state index in [1.54, 1.807) is 29.8 Å². The fourth-order valence-electron chi connectivity index (χ4n) is 3.46. The van der Waals surface area contributed by atoms with Gasteiger partial charge in [-0.25, -0.2) is 9.97 Å². The van der Waals surface area contributed by atoms with Crippen molar-refractivity contribution in [1.82, 2.24) is 9.97 Å². The Morgan fingerprint density at radius 1 is 0.889 bits per heavy atom. The first kappa shape index (κ1) is 16.8. The lowest BCUT2D eigenvalue weighted by Gasteiger charge is -2.34. The Kier molecular flexibility index (Phi) is 4.13. The van der Waals surface area contributed by atoms with Gasteiger partial charge in [0.05, 0.1) is 27.5 Å². The van der Waals surface area contributed by atoms with E-state index in [0.717, 1.165) is 53.2 Å². The Morgan fingerprint density at radius 2 is 1.59 bits per heavy atom. The number of fused-ring (bicyclic) bond motifs is 2. The highest BCUT2D eigenvalue weighted by atomic mass is 32.1. The molecule has 0 radical (unpaired) electrons. The van der Waals surface area contributed by atoms with Crippen LogP contribution in [0.15, 0.2) is 36.4 Å². The van der Waals surface area contributed by atoms with Gasteiger partial charge in [-0.2, -0.15) is 0 Å². The molecular formula is C20H20N4OS2. The number of methoxy groups -OCH3 is 1. The molecule has 0 bridgehead atoms. The van der Waals surface area contributed by atoms with Crippen LogP contribution in [0.3, 0.4) is 0 Å². The van der Waals surface area contributed by atoms with Crippen LogP contribution in [0.1, 0.15) is 5.56 Å². The van der Waals surface area contributed by atoms with Crippen LogP contribution in [0.25, 0.3) is 20.4 Å². The number of hydrogen-bond acceptors (Lipinski definition) is 7. The van der Waals surface area contributed by atoms with Crippen molar-refractivity contribution in [3.63, 3.8) is 0 Å². The van der Waals surface area contributed by atoms with Gasteiger partial charge in [0.2, 0.25) is 0 Å². The van der Waals surface area contributed by atoms with Crippen molar-refractivity contribution in [2.24, 2.45) is 0 Å². The first-order valence-electron chi connectivity index (χ1n) is 9.02. The van der Waals surface area contributed by atoms with Gasteiger partial charge >= 0.3 is 0 Å². The number of anilines is 2. The molecule has 4 aromatic rings. The van der Waals surface area contributed by atoms with E-state index in [1.165, 1.54) is 15.0 Å². The van der Waals surface area contributed by atoms with Crippen molar-refractivity contribution in [2.75, 3.05) is 43.1 Å². The molecule has 0 amide bonds. The number of thiazole rings is 2. The monoisotopic (exact) mass is 396 g/mol. The van der Waals surface area contributed by atoms with E-state index in [9.17, 15) is 0 Å². The molecule has 5 nitrogen and oxygen atoms in total. The average molecular weight is 397 g/mol. The summed E-state index contributed by atoms with van der Waals surface area (Å²) in [6, 6.07) is 12.5. The third-order valence-corrected chi connectivity index (χ3v) is 7.19. The van der Waals surface area contributed by atoms with Crippen LogP contribution in [0.5, 0.6) is 5.75 Å². The van der Waals surface area contributed by atoms with Gasteiger partial charge in [-0.1, -0.05) is 34.8 Å². The molecular weight excluding hydrogens is 376 g/mol. The molecule has 1 saturated heterocycles. The zero-order chi connectivity index (χ0) is 18.4. The minimum atomic E-state index is 0.857. The van der Waals surface area contributed by atoms with Crippen LogP contribution in [-0.4, -0.2) is 43.3 Å². The number of para-hydroxylation sites is 1. The first-order chi connectivity index (χ1) is 13.2. The quantitative estimate of drug-likeness (QED) is 0.508. The summed E-state index contributed by atoms with van der Waals surface area (Å²) in [6.45, 7) is 6.00. The fraction of sp³-hybridized carbons (Fsp3) is 0.300. The van der Waals surface area contributed by atoms with Crippen LogP contribution < -0.4 is 14.5 Å². The molecule has 5 rings (SSSR count). The van der Waals surface area contributed by atoms with E-state index in [-0.39, 0.29) is 0 Å². The lowest BCUT2D eigenvalue weighted by atomic mass is 10.2. The Morgan fingerprint density at radius 3 is 2.30 bits per heavy atom. The number of hydrogen-bond donors (Lipinski definition) is 0. The number of aromatic nitrogens is 2. The van der Waals surface area contributed by atoms with E-state index < -0.39 is 0 Å². The maximum atomic E-state index is 5.31. The Balaban J connectivity index is 1.34. The summed E-state index contributed by atoms with van der Waals surface area (Å²) >= 11 is 3.55. The number of rotatable bonds is 3. The topological polar surface area (TPSA) is 41.5 Å². The van der Waals surface area contributed by atoms with Gasteiger partial charge < -0.3 is 14.5 Å². The summed E-state index contributed by atoms with van der Waals surface area (Å²) in [6.07, 6.45) is 0. The van der Waals surface area contributed by atoms with Crippen molar-refractivity contribution in [2.45, 2.75) is 6.92 Å². The first-order valence-corrected chi connectivity index (χ1v) is 10.7. The van der Waals surface area contributed by atoms with Gasteiger partial charge in [-0.15, -0.1) is 0 Å². The Bertz CT molecular complexity index is 1110. The lowest BCUT2D eigenvalue weighted by Crippen LogP contribution is -2.46. The molecule has 2 aromatic heterocycles. The van der Waals surface area contributed by atoms with Crippen molar-refractivity contribution in [3.05, 3.63) is 42.0 Å². The highest BCUT2D eigenvalue weighted by molar-refractivity contribution is 7.22. The molecule has 7 heteroatoms. The van der Waals surface area contributed by atoms with Crippen LogP contribution in [-0.2, 0) is 0 Å². The van der Waals surface area contributed by atoms with Gasteiger partial charge in [-0.05, 0) is 30.7 Å². The van der Waals surface area contributed by atoms with E-state index in [1.807, 2.05) is 12.1 Å². The Hall–Kier alpha value is -2.38. The van der Waals surface area contributed by atoms with Crippen LogP contribution in [0, 0.1) is 6.92 Å². The van der Waals surface area contributed by atoms with Crippen LogP contribution in [0.2, 0.25) is 0 Å². The minimum absolute atomic E-state index is 0.857. The third-order valence-electron chi connectivity index (χ3n) is 5.01. The zero-order valence-electron chi connectivity index (χ0n) is 15.3. The van der Waals surface area contributed by atoms with Gasteiger partial charge in [0, 0.05) is 32.2 Å². The van der Waals surface area contributed by atoms with E-state index in [0.29, 0.717) is 0 Å². The summed E-state index contributed by atoms with van der Waals surface area (Å²) in [5.41, 5.74) is 3.40. The van der Waals surface area contributed by atoms with E-state index in [4.69, 9.17) is 14.7 Å². The largest absolute Gasteiger partial charge is 0.497 e. The number of aryl methyl sites for hydroxylation is 1. The standard InChI is InChI=1S/C20H20N4OS2/c1-13-4-3-5-17-18(13)22-20(27-17)24-10-8-23(9-11-24)19-21-15-12-14(25-2)6-7-16(15)26-19/h3-7,12H,8-11H2,1-2H3. The average Bonchev–Trinajstić information content (AvgIpc) is 3.32. The van der Waals surface area contributed by atoms with E-state index >= 15 is 0 Å². The van der Waals surface area contributed by atoms with Crippen molar-refractivity contribution in [1.29, 1.82) is 0 Å². The molecule has 138 valence electrons. The lowest BCUT2D eigenvalue weighted by molar-refractivity contribution is 0.415. The predicted octanol–water partition coefficient (Wildman–Crippen LogP) is 4.55. The summed E-state index contributed by atoms with van der Waals surface area (Å²) in [4.78, 5) is 14.5. The number of nitrogens with zero attached hydrogens (tertiary/aromatic N) is 4. The smallest absolute Gasteiger partial charge is 0.186 e. The van der Waals surface area contributed by atoms with Gasteiger partial charge in [0.1, 0.15) is 5.75 Å². The molecule has 0 unspecified atom stereocenters. The SMILES string of the molecule is COc1ccc2sc(N3CCN(c4nc5c(C)cccc5s4)CC3)nc2c1. The molecule has 0 N–H and O–H groups in total. The van der Waals surface area contributed by atoms with Crippen molar-refractivity contribution in [3.8, 4) is 5.75 Å². The maximum absolute atomic E-state index is 5.31. The summed E-state index contributed by atoms with van der Waals surface area (Å²) in [5.74, 6) is 0.857. The van der Waals surface area contributed by atoms with Crippen molar-refractivity contribution < 1.29 is 4.74 Å². The second kappa shape index (κ2) is 6.65. The van der Waals surface area contributed by atoms with Crippen molar-refractivity contribution >= 4 is 53.4 Å². The summed E-state index contributed by atoms with van der Waals surface area (Å²) < 4.78 is 7.79. The molecule has 1 aliphatic heterocycles. The highest BCUT2D eigenvalue weighted by Crippen LogP contribution is 2.34. The van der Waals surface area contributed by atoms with Gasteiger partial charge in [-0.3, -0.25) is 0 Å². The number of benzene rings is 2. The van der Waals surface area contributed by atoms with E-state index in [2.05, 4.69) is 41.0 Å². The van der Waals surface area contributed by atoms with Crippen LogP contribution in [0.4, 0.5) is 10.3 Å². The minimum Gasteiger partial charge on any atom is -0.497 e. The fourth-order valence-corrected chi connectivity index (χ4v) is 5.55. The normalized spacial score (nSPS) is 15.0. The maximum Gasteiger partial charge on any atom is 0.186 e. The van der Waals surface area contributed by atoms with Gasteiger partial charge in [0.15, 0.2) is 10.3 Å². The molecule has 2 aromatic carbocycles. The highest BCUT2D eigenvalue weighted by Gasteiger charge is 2.22. The third kappa shape index (κ3) is 3.00. The molecule has 0 aliphatic carbocycles. The molecule has 1 aliphatic rings. The molecule has 1 fully saturated rings. The molecule has 0 atom stereocenters. The molecule has 27 heavy (non-hydrogen) atoms. The predicted molar refractivity (Wildman–Crippen MR) is 115 cm³/mol. The zero-order valence-corrected chi connectivity index (χ0v) is 16.9. The summed E-state index contributed by atoms with van der Waals surface area (Å²) in [7, 11) is 1.69. The number of ether oxygens (including phenoxy) is 1. The molecule has 0 saturated carbocycles.